The van der Waals surface area contributed by atoms with Gasteiger partial charge in [-0.3, -0.25) is 4.79 Å². The van der Waals surface area contributed by atoms with Crippen LogP contribution in [-0.4, -0.2) is 27.0 Å². The van der Waals surface area contributed by atoms with Crippen molar-refractivity contribution in [3.63, 3.8) is 0 Å². The second-order valence-corrected chi connectivity index (χ2v) is 6.66. The lowest BCUT2D eigenvalue weighted by atomic mass is 10.1. The Hall–Kier alpha value is -3.45. The van der Waals surface area contributed by atoms with Crippen LogP contribution in [-0.2, 0) is 13.0 Å². The van der Waals surface area contributed by atoms with Crippen molar-refractivity contribution in [2.75, 3.05) is 7.11 Å². The molecule has 4 rings (SSSR count). The van der Waals surface area contributed by atoms with E-state index in [1.165, 1.54) is 10.7 Å². The van der Waals surface area contributed by atoms with Gasteiger partial charge in [-0.05, 0) is 30.3 Å². The minimum atomic E-state index is -0.206. The molecular weight excluding hydrogens is 392 g/mol. The topological polar surface area (TPSA) is 83.0 Å². The Bertz CT molecular complexity index is 1200. The fraction of sp³-hybridized carbons (Fsp3) is 0.143. The van der Waals surface area contributed by atoms with Crippen LogP contribution in [0.3, 0.4) is 0 Å². The van der Waals surface area contributed by atoms with Crippen LogP contribution in [0.4, 0.5) is 0 Å². The third-order valence-electron chi connectivity index (χ3n) is 4.35. The van der Waals surface area contributed by atoms with Gasteiger partial charge in [0.1, 0.15) is 5.75 Å². The highest BCUT2D eigenvalue weighted by Crippen LogP contribution is 2.25. The Morgan fingerprint density at radius 2 is 1.97 bits per heavy atom. The van der Waals surface area contributed by atoms with Crippen LogP contribution < -0.4 is 10.3 Å². The first kappa shape index (κ1) is 18.9. The summed E-state index contributed by atoms with van der Waals surface area (Å²) >= 11 is 6.17. The quantitative estimate of drug-likeness (QED) is 0.481. The van der Waals surface area contributed by atoms with Gasteiger partial charge < -0.3 is 9.26 Å². The summed E-state index contributed by atoms with van der Waals surface area (Å²) in [5.41, 5.74) is 2.02. The van der Waals surface area contributed by atoms with Crippen molar-refractivity contribution >= 4 is 11.6 Å². The fourth-order valence-electron chi connectivity index (χ4n) is 2.86. The molecule has 146 valence electrons. The van der Waals surface area contributed by atoms with Crippen LogP contribution in [0.1, 0.15) is 5.89 Å². The number of benzene rings is 2. The summed E-state index contributed by atoms with van der Waals surface area (Å²) in [6.45, 7) is 0.306. The van der Waals surface area contributed by atoms with Gasteiger partial charge in [-0.1, -0.05) is 41.0 Å². The largest absolute Gasteiger partial charge is 0.497 e. The van der Waals surface area contributed by atoms with E-state index in [9.17, 15) is 4.79 Å². The van der Waals surface area contributed by atoms with Crippen LogP contribution in [0.2, 0.25) is 5.02 Å². The minimum Gasteiger partial charge on any atom is -0.497 e. The van der Waals surface area contributed by atoms with E-state index in [0.717, 1.165) is 11.3 Å². The summed E-state index contributed by atoms with van der Waals surface area (Å²) in [6, 6.07) is 18.0. The van der Waals surface area contributed by atoms with E-state index in [4.69, 9.17) is 20.9 Å². The molecule has 29 heavy (non-hydrogen) atoms. The Morgan fingerprint density at radius 1 is 1.10 bits per heavy atom. The normalized spacial score (nSPS) is 10.8. The predicted molar refractivity (Wildman–Crippen MR) is 109 cm³/mol. The zero-order valence-corrected chi connectivity index (χ0v) is 16.3. The smallest absolute Gasteiger partial charge is 0.266 e. The van der Waals surface area contributed by atoms with Crippen molar-refractivity contribution in [2.45, 2.75) is 13.0 Å². The molecule has 0 aliphatic carbocycles. The van der Waals surface area contributed by atoms with Crippen molar-refractivity contribution in [1.29, 1.82) is 0 Å². The zero-order chi connectivity index (χ0) is 20.2. The standard InChI is InChI=1S/C21H17ClN4O3/c1-28-15-6-4-5-14(13-15)18-9-10-20(27)26(24-18)12-11-19-23-21(25-29-19)16-7-2-3-8-17(16)22/h2-10,13H,11-12H2,1H3. The van der Waals surface area contributed by atoms with Crippen molar-refractivity contribution < 1.29 is 9.26 Å². The lowest BCUT2D eigenvalue weighted by Gasteiger charge is -2.07. The molecule has 0 unspecified atom stereocenters. The maximum atomic E-state index is 12.2. The predicted octanol–water partition coefficient (Wildman–Crippen LogP) is 3.87. The molecular formula is C21H17ClN4O3. The molecule has 2 heterocycles. The second-order valence-electron chi connectivity index (χ2n) is 6.25. The molecule has 0 aliphatic heterocycles. The number of rotatable bonds is 6. The number of methoxy groups -OCH3 is 1. The van der Waals surface area contributed by atoms with E-state index in [1.807, 2.05) is 42.5 Å². The van der Waals surface area contributed by atoms with E-state index in [-0.39, 0.29) is 5.56 Å². The van der Waals surface area contributed by atoms with Gasteiger partial charge in [0.2, 0.25) is 11.7 Å². The lowest BCUT2D eigenvalue weighted by Crippen LogP contribution is -2.23. The molecule has 0 saturated carbocycles. The van der Waals surface area contributed by atoms with Gasteiger partial charge in [-0.2, -0.15) is 10.1 Å². The number of hydrogen-bond acceptors (Lipinski definition) is 6. The molecule has 0 atom stereocenters. The van der Waals surface area contributed by atoms with Crippen LogP contribution in [0.15, 0.2) is 70.0 Å². The van der Waals surface area contributed by atoms with Crippen LogP contribution in [0.25, 0.3) is 22.6 Å². The summed E-state index contributed by atoms with van der Waals surface area (Å²) in [7, 11) is 1.61. The average Bonchev–Trinajstić information content (AvgIpc) is 3.22. The van der Waals surface area contributed by atoms with E-state index < -0.39 is 0 Å². The number of aromatic nitrogens is 4. The third-order valence-corrected chi connectivity index (χ3v) is 4.68. The molecule has 0 spiro atoms. The fourth-order valence-corrected chi connectivity index (χ4v) is 3.08. The number of ether oxygens (including phenoxy) is 1. The van der Waals surface area contributed by atoms with Crippen LogP contribution >= 0.6 is 11.6 Å². The molecule has 0 bridgehead atoms. The van der Waals surface area contributed by atoms with E-state index in [0.29, 0.717) is 41.0 Å². The molecule has 8 heteroatoms. The van der Waals surface area contributed by atoms with Crippen molar-refractivity contribution in [3.8, 4) is 28.4 Å². The molecule has 4 aromatic rings. The zero-order valence-electron chi connectivity index (χ0n) is 15.6. The number of aryl methyl sites for hydroxylation is 2. The van der Waals surface area contributed by atoms with E-state index >= 15 is 0 Å². The highest BCUT2D eigenvalue weighted by Gasteiger charge is 2.12. The van der Waals surface area contributed by atoms with Crippen LogP contribution in [0.5, 0.6) is 5.75 Å². The molecule has 0 saturated heterocycles. The molecule has 0 radical (unpaired) electrons. The number of nitrogens with zero attached hydrogens (tertiary/aromatic N) is 4. The summed E-state index contributed by atoms with van der Waals surface area (Å²) in [6.07, 6.45) is 0.367. The lowest BCUT2D eigenvalue weighted by molar-refractivity contribution is 0.368. The first-order valence-corrected chi connectivity index (χ1v) is 9.32. The minimum absolute atomic E-state index is 0.206. The van der Waals surface area contributed by atoms with E-state index in [2.05, 4.69) is 15.2 Å². The molecule has 0 amide bonds. The van der Waals surface area contributed by atoms with Crippen molar-refractivity contribution in [1.82, 2.24) is 19.9 Å². The van der Waals surface area contributed by atoms with Gasteiger partial charge in [-0.15, -0.1) is 0 Å². The highest BCUT2D eigenvalue weighted by atomic mass is 35.5. The number of halogens is 1. The molecule has 7 nitrogen and oxygen atoms in total. The van der Waals surface area contributed by atoms with E-state index in [1.54, 1.807) is 19.2 Å². The first-order valence-electron chi connectivity index (χ1n) is 8.94. The second kappa shape index (κ2) is 8.28. The Labute approximate surface area is 171 Å². The summed E-state index contributed by atoms with van der Waals surface area (Å²) in [4.78, 5) is 16.6. The molecule has 0 aliphatic rings. The molecule has 2 aromatic carbocycles. The van der Waals surface area contributed by atoms with Gasteiger partial charge in [-0.25, -0.2) is 4.68 Å². The summed E-state index contributed by atoms with van der Waals surface area (Å²) in [5, 5.41) is 8.97. The molecule has 0 fully saturated rings. The Kier molecular flexibility index (Phi) is 5.39. The van der Waals surface area contributed by atoms with Gasteiger partial charge in [0.15, 0.2) is 0 Å². The third kappa shape index (κ3) is 4.20. The SMILES string of the molecule is COc1cccc(-c2ccc(=O)n(CCc3nc(-c4ccccc4Cl)no3)n2)c1. The number of hydrogen-bond donors (Lipinski definition) is 0. The maximum absolute atomic E-state index is 12.2. The van der Waals surface area contributed by atoms with Crippen molar-refractivity contribution in [2.24, 2.45) is 0 Å². The van der Waals surface area contributed by atoms with Gasteiger partial charge >= 0.3 is 0 Å². The summed E-state index contributed by atoms with van der Waals surface area (Å²) in [5.74, 6) is 1.54. The average molecular weight is 409 g/mol. The van der Waals surface area contributed by atoms with Gasteiger partial charge in [0.05, 0.1) is 24.4 Å². The summed E-state index contributed by atoms with van der Waals surface area (Å²) < 4.78 is 11.9. The monoisotopic (exact) mass is 408 g/mol. The first-order chi connectivity index (χ1) is 14.1. The highest BCUT2D eigenvalue weighted by molar-refractivity contribution is 6.33. The van der Waals surface area contributed by atoms with Crippen LogP contribution in [0, 0.1) is 0 Å². The Balaban J connectivity index is 1.53. The molecule has 0 N–H and O–H groups in total. The van der Waals surface area contributed by atoms with Gasteiger partial charge in [0, 0.05) is 23.6 Å². The van der Waals surface area contributed by atoms with Gasteiger partial charge in [0.25, 0.3) is 5.56 Å². The van der Waals surface area contributed by atoms with Crippen molar-refractivity contribution in [3.05, 3.63) is 81.9 Å². The Morgan fingerprint density at radius 3 is 2.79 bits per heavy atom. The maximum Gasteiger partial charge on any atom is 0.266 e. The molecule has 2 aromatic heterocycles.